The lowest BCUT2D eigenvalue weighted by atomic mass is 10.1. The standard InChI is InChI=1S/C10H21Br/c1-3-4-5-6-7-8-9-10(2)11/h10H,3-9H2,1-2H3/t10-/m1/s1. The number of alkyl halides is 1. The average Bonchev–Trinajstić information content (AvgIpc) is 1.96. The third-order valence-corrected chi connectivity index (χ3v) is 2.41. The highest BCUT2D eigenvalue weighted by molar-refractivity contribution is 9.09. The molecule has 0 aliphatic carbocycles. The van der Waals surface area contributed by atoms with Gasteiger partial charge in [-0.2, -0.15) is 0 Å². The van der Waals surface area contributed by atoms with Crippen LogP contribution in [0.15, 0.2) is 0 Å². The Labute approximate surface area is 79.9 Å². The molecule has 0 spiro atoms. The molecule has 0 bridgehead atoms. The van der Waals surface area contributed by atoms with E-state index in [1.807, 2.05) is 0 Å². The molecule has 0 heterocycles. The van der Waals surface area contributed by atoms with Crippen LogP contribution in [-0.4, -0.2) is 4.83 Å². The fourth-order valence-electron chi connectivity index (χ4n) is 1.21. The summed E-state index contributed by atoms with van der Waals surface area (Å²) in [5, 5.41) is 0. The summed E-state index contributed by atoms with van der Waals surface area (Å²) in [4.78, 5) is 0.716. The SMILES string of the molecule is CCCCCCCC[C@@H](C)Br. The van der Waals surface area contributed by atoms with E-state index in [2.05, 4.69) is 29.8 Å². The third kappa shape index (κ3) is 10.5. The van der Waals surface area contributed by atoms with Crippen LogP contribution in [0.2, 0.25) is 0 Å². The smallest absolute Gasteiger partial charge is 0.0117 e. The van der Waals surface area contributed by atoms with Crippen LogP contribution in [0.5, 0.6) is 0 Å². The Morgan fingerprint density at radius 1 is 1.00 bits per heavy atom. The first-order valence-electron chi connectivity index (χ1n) is 4.91. The van der Waals surface area contributed by atoms with E-state index in [1.165, 1.54) is 44.9 Å². The molecule has 0 amide bonds. The summed E-state index contributed by atoms with van der Waals surface area (Å²) < 4.78 is 0. The second-order valence-electron chi connectivity index (χ2n) is 3.34. The van der Waals surface area contributed by atoms with Gasteiger partial charge in [0.05, 0.1) is 0 Å². The van der Waals surface area contributed by atoms with E-state index < -0.39 is 0 Å². The zero-order chi connectivity index (χ0) is 8.53. The second-order valence-corrected chi connectivity index (χ2v) is 4.90. The molecule has 68 valence electrons. The highest BCUT2D eigenvalue weighted by Crippen LogP contribution is 2.11. The minimum Gasteiger partial charge on any atom is -0.0894 e. The van der Waals surface area contributed by atoms with Gasteiger partial charge in [-0.25, -0.2) is 0 Å². The topological polar surface area (TPSA) is 0 Å². The average molecular weight is 221 g/mol. The first-order chi connectivity index (χ1) is 5.27. The molecule has 0 radical (unpaired) electrons. The van der Waals surface area contributed by atoms with Gasteiger partial charge in [0.15, 0.2) is 0 Å². The Balaban J connectivity index is 2.80. The number of rotatable bonds is 7. The van der Waals surface area contributed by atoms with Crippen molar-refractivity contribution >= 4 is 15.9 Å². The zero-order valence-corrected chi connectivity index (χ0v) is 9.49. The lowest BCUT2D eigenvalue weighted by Gasteiger charge is -2.02. The largest absolute Gasteiger partial charge is 0.0894 e. The highest BCUT2D eigenvalue weighted by atomic mass is 79.9. The van der Waals surface area contributed by atoms with Crippen molar-refractivity contribution in [1.29, 1.82) is 0 Å². The minimum atomic E-state index is 0.716. The Kier molecular flexibility index (Phi) is 8.95. The molecular weight excluding hydrogens is 200 g/mol. The molecule has 0 saturated carbocycles. The molecule has 0 aromatic rings. The second kappa shape index (κ2) is 8.58. The summed E-state index contributed by atoms with van der Waals surface area (Å²) in [5.41, 5.74) is 0. The van der Waals surface area contributed by atoms with E-state index in [0.717, 1.165) is 0 Å². The fourth-order valence-corrected chi connectivity index (χ4v) is 1.53. The number of halogens is 1. The molecule has 0 rings (SSSR count). The van der Waals surface area contributed by atoms with Crippen molar-refractivity contribution in [3.8, 4) is 0 Å². The van der Waals surface area contributed by atoms with Gasteiger partial charge in [0.1, 0.15) is 0 Å². The minimum absolute atomic E-state index is 0.716. The van der Waals surface area contributed by atoms with Crippen LogP contribution < -0.4 is 0 Å². The number of hydrogen-bond donors (Lipinski definition) is 0. The molecule has 1 atom stereocenters. The van der Waals surface area contributed by atoms with Crippen molar-refractivity contribution in [2.24, 2.45) is 0 Å². The van der Waals surface area contributed by atoms with Crippen LogP contribution in [0.4, 0.5) is 0 Å². The van der Waals surface area contributed by atoms with Gasteiger partial charge in [-0.15, -0.1) is 0 Å². The zero-order valence-electron chi connectivity index (χ0n) is 7.91. The van der Waals surface area contributed by atoms with Crippen LogP contribution in [-0.2, 0) is 0 Å². The lowest BCUT2D eigenvalue weighted by molar-refractivity contribution is 0.590. The summed E-state index contributed by atoms with van der Waals surface area (Å²) in [5.74, 6) is 0. The summed E-state index contributed by atoms with van der Waals surface area (Å²) in [6.07, 6.45) is 9.82. The van der Waals surface area contributed by atoms with Crippen molar-refractivity contribution in [2.75, 3.05) is 0 Å². The molecule has 0 nitrogen and oxygen atoms in total. The lowest BCUT2D eigenvalue weighted by Crippen LogP contribution is -1.89. The maximum absolute atomic E-state index is 3.56. The van der Waals surface area contributed by atoms with Gasteiger partial charge in [-0.1, -0.05) is 68.3 Å². The van der Waals surface area contributed by atoms with Crippen LogP contribution in [0.25, 0.3) is 0 Å². The molecule has 1 heteroatoms. The molecule has 11 heavy (non-hydrogen) atoms. The van der Waals surface area contributed by atoms with Gasteiger partial charge in [-0.3, -0.25) is 0 Å². The molecule has 0 unspecified atom stereocenters. The normalized spacial score (nSPS) is 13.4. The van der Waals surface area contributed by atoms with E-state index in [9.17, 15) is 0 Å². The number of unbranched alkanes of at least 4 members (excludes halogenated alkanes) is 5. The van der Waals surface area contributed by atoms with Gasteiger partial charge >= 0.3 is 0 Å². The van der Waals surface area contributed by atoms with Crippen molar-refractivity contribution in [3.63, 3.8) is 0 Å². The predicted molar refractivity (Wildman–Crippen MR) is 56.4 cm³/mol. The van der Waals surface area contributed by atoms with E-state index >= 15 is 0 Å². The first-order valence-corrected chi connectivity index (χ1v) is 5.83. The molecule has 0 fully saturated rings. The first kappa shape index (κ1) is 11.5. The van der Waals surface area contributed by atoms with Crippen LogP contribution >= 0.6 is 15.9 Å². The molecule has 0 N–H and O–H groups in total. The Morgan fingerprint density at radius 2 is 1.55 bits per heavy atom. The predicted octanol–water partition coefficient (Wildman–Crippen LogP) is 4.52. The van der Waals surface area contributed by atoms with E-state index in [1.54, 1.807) is 0 Å². The summed E-state index contributed by atoms with van der Waals surface area (Å²) in [6, 6.07) is 0. The molecule has 0 aliphatic heterocycles. The van der Waals surface area contributed by atoms with Gasteiger partial charge in [0.25, 0.3) is 0 Å². The highest BCUT2D eigenvalue weighted by Gasteiger charge is 1.94. The summed E-state index contributed by atoms with van der Waals surface area (Å²) in [7, 11) is 0. The third-order valence-electron chi connectivity index (χ3n) is 1.96. The van der Waals surface area contributed by atoms with E-state index in [-0.39, 0.29) is 0 Å². The Hall–Kier alpha value is 0.480. The molecule has 0 aliphatic rings. The van der Waals surface area contributed by atoms with Crippen molar-refractivity contribution < 1.29 is 0 Å². The van der Waals surface area contributed by atoms with Gasteiger partial charge in [0, 0.05) is 4.83 Å². The van der Waals surface area contributed by atoms with Crippen molar-refractivity contribution in [2.45, 2.75) is 63.6 Å². The number of hydrogen-bond acceptors (Lipinski definition) is 0. The fraction of sp³-hybridized carbons (Fsp3) is 1.00. The molecular formula is C10H21Br. The quantitative estimate of drug-likeness (QED) is 0.438. The van der Waals surface area contributed by atoms with Crippen LogP contribution in [0.1, 0.15) is 58.8 Å². The van der Waals surface area contributed by atoms with Crippen LogP contribution in [0, 0.1) is 0 Å². The van der Waals surface area contributed by atoms with E-state index in [4.69, 9.17) is 0 Å². The Morgan fingerprint density at radius 3 is 2.09 bits per heavy atom. The molecule has 0 aromatic heterocycles. The van der Waals surface area contributed by atoms with Crippen molar-refractivity contribution in [3.05, 3.63) is 0 Å². The van der Waals surface area contributed by atoms with Crippen LogP contribution in [0.3, 0.4) is 0 Å². The maximum atomic E-state index is 3.56. The van der Waals surface area contributed by atoms with Gasteiger partial charge < -0.3 is 0 Å². The monoisotopic (exact) mass is 220 g/mol. The molecule has 0 saturated heterocycles. The summed E-state index contributed by atoms with van der Waals surface area (Å²) in [6.45, 7) is 4.49. The van der Waals surface area contributed by atoms with Gasteiger partial charge in [-0.05, 0) is 6.42 Å². The molecule has 0 aromatic carbocycles. The van der Waals surface area contributed by atoms with Gasteiger partial charge in [0.2, 0.25) is 0 Å². The maximum Gasteiger partial charge on any atom is 0.0117 e. The van der Waals surface area contributed by atoms with Crippen molar-refractivity contribution in [1.82, 2.24) is 0 Å². The summed E-state index contributed by atoms with van der Waals surface area (Å²) >= 11 is 3.56. The Bertz CT molecular complexity index is 69.3. The van der Waals surface area contributed by atoms with E-state index in [0.29, 0.717) is 4.83 Å².